The molecule has 0 fully saturated rings. The molecule has 2 nitrogen and oxygen atoms in total. The van der Waals surface area contributed by atoms with E-state index in [1.807, 2.05) is 41.1 Å². The number of rotatable bonds is 4. The van der Waals surface area contributed by atoms with Gasteiger partial charge in [0.15, 0.2) is 0 Å². The standard InChI is InChI=1S/C22H17BrN2/c23-19-13-11-18(12-14-19)22-16-21(15-17-7-3-1-4-8-17)25(24-22)20-9-5-2-6-10-20/h1-14,16H,15H2. The van der Waals surface area contributed by atoms with Crippen LogP contribution in [0.5, 0.6) is 0 Å². The summed E-state index contributed by atoms with van der Waals surface area (Å²) in [6, 6.07) is 31.3. The first-order chi connectivity index (χ1) is 12.3. The monoisotopic (exact) mass is 388 g/mol. The largest absolute Gasteiger partial charge is 0.237 e. The molecule has 0 N–H and O–H groups in total. The first-order valence-corrected chi connectivity index (χ1v) is 9.03. The van der Waals surface area contributed by atoms with Crippen LogP contribution >= 0.6 is 15.9 Å². The van der Waals surface area contributed by atoms with Crippen molar-refractivity contribution in [1.29, 1.82) is 0 Å². The molecule has 122 valence electrons. The highest BCUT2D eigenvalue weighted by Crippen LogP contribution is 2.25. The SMILES string of the molecule is Brc1ccc(-c2cc(Cc3ccccc3)n(-c3ccccc3)n2)cc1. The van der Waals surface area contributed by atoms with Crippen molar-refractivity contribution in [1.82, 2.24) is 9.78 Å². The molecular weight excluding hydrogens is 372 g/mol. The van der Waals surface area contributed by atoms with E-state index in [0.717, 1.165) is 27.8 Å². The van der Waals surface area contributed by atoms with E-state index < -0.39 is 0 Å². The third kappa shape index (κ3) is 3.57. The number of benzene rings is 3. The molecule has 0 aliphatic heterocycles. The lowest BCUT2D eigenvalue weighted by atomic mass is 10.1. The van der Waals surface area contributed by atoms with Gasteiger partial charge in [0.2, 0.25) is 0 Å². The maximum absolute atomic E-state index is 4.88. The van der Waals surface area contributed by atoms with Crippen LogP contribution in [-0.4, -0.2) is 9.78 Å². The van der Waals surface area contributed by atoms with E-state index in [0.29, 0.717) is 0 Å². The van der Waals surface area contributed by atoms with Crippen LogP contribution < -0.4 is 0 Å². The normalized spacial score (nSPS) is 10.8. The van der Waals surface area contributed by atoms with Gasteiger partial charge in [0.25, 0.3) is 0 Å². The fraction of sp³-hybridized carbons (Fsp3) is 0.0455. The molecular formula is C22H17BrN2. The first kappa shape index (κ1) is 15.9. The summed E-state index contributed by atoms with van der Waals surface area (Å²) in [6.07, 6.45) is 0.846. The summed E-state index contributed by atoms with van der Waals surface area (Å²) in [6.45, 7) is 0. The summed E-state index contributed by atoms with van der Waals surface area (Å²) in [5.41, 5.74) is 5.64. The Morgan fingerprint density at radius 2 is 1.40 bits per heavy atom. The van der Waals surface area contributed by atoms with Crippen molar-refractivity contribution in [3.05, 3.63) is 107 Å². The first-order valence-electron chi connectivity index (χ1n) is 8.24. The molecule has 0 bridgehead atoms. The van der Waals surface area contributed by atoms with E-state index in [2.05, 4.69) is 70.5 Å². The molecule has 3 heteroatoms. The Bertz CT molecular complexity index is 958. The van der Waals surface area contributed by atoms with Crippen LogP contribution in [0.25, 0.3) is 16.9 Å². The Balaban J connectivity index is 1.79. The smallest absolute Gasteiger partial charge is 0.0930 e. The lowest BCUT2D eigenvalue weighted by molar-refractivity contribution is 0.826. The third-order valence-corrected chi connectivity index (χ3v) is 4.68. The summed E-state index contributed by atoms with van der Waals surface area (Å²) in [5.74, 6) is 0. The van der Waals surface area contributed by atoms with Gasteiger partial charge < -0.3 is 0 Å². The fourth-order valence-corrected chi connectivity index (χ4v) is 3.17. The van der Waals surface area contributed by atoms with Crippen molar-refractivity contribution >= 4 is 15.9 Å². The third-order valence-electron chi connectivity index (χ3n) is 4.15. The van der Waals surface area contributed by atoms with Gasteiger partial charge in [0, 0.05) is 22.2 Å². The predicted molar refractivity (Wildman–Crippen MR) is 106 cm³/mol. The number of hydrogen-bond acceptors (Lipinski definition) is 1. The van der Waals surface area contributed by atoms with E-state index in [4.69, 9.17) is 5.10 Å². The predicted octanol–water partition coefficient (Wildman–Crippen LogP) is 5.89. The molecule has 0 saturated heterocycles. The molecule has 0 spiro atoms. The molecule has 1 aromatic heterocycles. The van der Waals surface area contributed by atoms with E-state index in [1.54, 1.807) is 0 Å². The average molecular weight is 389 g/mol. The van der Waals surface area contributed by atoms with Crippen LogP contribution in [0.4, 0.5) is 0 Å². The quantitative estimate of drug-likeness (QED) is 0.425. The Labute approximate surface area is 155 Å². The molecule has 0 amide bonds. The van der Waals surface area contributed by atoms with Gasteiger partial charge in [-0.05, 0) is 35.9 Å². The number of halogens is 1. The Kier molecular flexibility index (Phi) is 4.49. The van der Waals surface area contributed by atoms with Crippen molar-refractivity contribution in [3.63, 3.8) is 0 Å². The van der Waals surface area contributed by atoms with Crippen molar-refractivity contribution < 1.29 is 0 Å². The molecule has 0 aliphatic carbocycles. The minimum absolute atomic E-state index is 0.846. The molecule has 4 aromatic rings. The van der Waals surface area contributed by atoms with Gasteiger partial charge in [-0.3, -0.25) is 0 Å². The molecule has 4 rings (SSSR count). The summed E-state index contributed by atoms with van der Waals surface area (Å²) in [4.78, 5) is 0. The van der Waals surface area contributed by atoms with Gasteiger partial charge in [-0.1, -0.05) is 76.6 Å². The van der Waals surface area contributed by atoms with E-state index in [1.165, 1.54) is 11.3 Å². The lowest BCUT2D eigenvalue weighted by Crippen LogP contribution is -2.02. The van der Waals surface area contributed by atoms with Gasteiger partial charge in [-0.2, -0.15) is 5.10 Å². The molecule has 0 atom stereocenters. The van der Waals surface area contributed by atoms with Crippen LogP contribution in [0.1, 0.15) is 11.3 Å². The average Bonchev–Trinajstić information content (AvgIpc) is 3.08. The van der Waals surface area contributed by atoms with Gasteiger partial charge in [0.1, 0.15) is 0 Å². The number of para-hydroxylation sites is 1. The van der Waals surface area contributed by atoms with Crippen LogP contribution in [-0.2, 0) is 6.42 Å². The van der Waals surface area contributed by atoms with Gasteiger partial charge >= 0.3 is 0 Å². The minimum Gasteiger partial charge on any atom is -0.237 e. The number of hydrogen-bond donors (Lipinski definition) is 0. The van der Waals surface area contributed by atoms with E-state index >= 15 is 0 Å². The van der Waals surface area contributed by atoms with Crippen molar-refractivity contribution in [3.8, 4) is 16.9 Å². The van der Waals surface area contributed by atoms with Crippen LogP contribution in [0, 0.1) is 0 Å². The number of nitrogens with zero attached hydrogens (tertiary/aromatic N) is 2. The zero-order chi connectivity index (χ0) is 17.1. The summed E-state index contributed by atoms with van der Waals surface area (Å²) in [7, 11) is 0. The highest BCUT2D eigenvalue weighted by atomic mass is 79.9. The zero-order valence-corrected chi connectivity index (χ0v) is 15.2. The summed E-state index contributed by atoms with van der Waals surface area (Å²) >= 11 is 3.49. The van der Waals surface area contributed by atoms with Crippen molar-refractivity contribution in [2.75, 3.05) is 0 Å². The lowest BCUT2D eigenvalue weighted by Gasteiger charge is -2.07. The highest BCUT2D eigenvalue weighted by molar-refractivity contribution is 9.10. The Morgan fingerprint density at radius 1 is 0.760 bits per heavy atom. The second-order valence-corrected chi connectivity index (χ2v) is 6.85. The zero-order valence-electron chi connectivity index (χ0n) is 13.6. The van der Waals surface area contributed by atoms with Crippen LogP contribution in [0.3, 0.4) is 0 Å². The summed E-state index contributed by atoms with van der Waals surface area (Å²) < 4.78 is 3.12. The molecule has 0 radical (unpaired) electrons. The Hall–Kier alpha value is -2.65. The molecule has 1 heterocycles. The van der Waals surface area contributed by atoms with Gasteiger partial charge in [-0.15, -0.1) is 0 Å². The van der Waals surface area contributed by atoms with Crippen LogP contribution in [0.2, 0.25) is 0 Å². The van der Waals surface area contributed by atoms with Crippen LogP contribution in [0.15, 0.2) is 95.5 Å². The van der Waals surface area contributed by atoms with E-state index in [-0.39, 0.29) is 0 Å². The molecule has 0 aliphatic rings. The Morgan fingerprint density at radius 3 is 2.08 bits per heavy atom. The topological polar surface area (TPSA) is 17.8 Å². The molecule has 25 heavy (non-hydrogen) atoms. The molecule has 0 saturated carbocycles. The maximum Gasteiger partial charge on any atom is 0.0930 e. The molecule has 0 unspecified atom stereocenters. The fourth-order valence-electron chi connectivity index (χ4n) is 2.91. The molecule has 3 aromatic carbocycles. The second kappa shape index (κ2) is 7.08. The highest BCUT2D eigenvalue weighted by Gasteiger charge is 2.11. The van der Waals surface area contributed by atoms with Gasteiger partial charge in [0.05, 0.1) is 11.4 Å². The second-order valence-electron chi connectivity index (χ2n) is 5.94. The van der Waals surface area contributed by atoms with Crippen molar-refractivity contribution in [2.24, 2.45) is 0 Å². The maximum atomic E-state index is 4.88. The van der Waals surface area contributed by atoms with Gasteiger partial charge in [-0.25, -0.2) is 4.68 Å². The van der Waals surface area contributed by atoms with E-state index in [9.17, 15) is 0 Å². The minimum atomic E-state index is 0.846. The number of aromatic nitrogens is 2. The summed E-state index contributed by atoms with van der Waals surface area (Å²) in [5, 5.41) is 4.88. The van der Waals surface area contributed by atoms with Crippen molar-refractivity contribution in [2.45, 2.75) is 6.42 Å².